The first-order valence-corrected chi connectivity index (χ1v) is 6.60. The van der Waals surface area contributed by atoms with Crippen LogP contribution in [0.4, 0.5) is 13.2 Å². The second-order valence-corrected chi connectivity index (χ2v) is 5.22. The van der Waals surface area contributed by atoms with Gasteiger partial charge < -0.3 is 0 Å². The lowest BCUT2D eigenvalue weighted by Gasteiger charge is -2.19. The normalized spacial score (nSPS) is 12.5. The van der Waals surface area contributed by atoms with Crippen molar-refractivity contribution in [2.45, 2.75) is 13.0 Å². The molecule has 20 heavy (non-hydrogen) atoms. The summed E-state index contributed by atoms with van der Waals surface area (Å²) < 4.78 is 41.9. The van der Waals surface area contributed by atoms with Crippen LogP contribution in [0.1, 0.15) is 22.7 Å². The van der Waals surface area contributed by atoms with Gasteiger partial charge in [-0.1, -0.05) is 12.1 Å². The van der Waals surface area contributed by atoms with Gasteiger partial charge in [0.15, 0.2) is 0 Å². The van der Waals surface area contributed by atoms with Gasteiger partial charge in [-0.3, -0.25) is 5.84 Å². The smallest absolute Gasteiger partial charge is 0.137 e. The molecule has 0 saturated carbocycles. The largest absolute Gasteiger partial charge is 0.271 e. The fourth-order valence-electron chi connectivity index (χ4n) is 1.98. The van der Waals surface area contributed by atoms with E-state index in [1.165, 1.54) is 25.1 Å². The van der Waals surface area contributed by atoms with Gasteiger partial charge in [-0.15, -0.1) is 0 Å². The highest BCUT2D eigenvalue weighted by Gasteiger charge is 2.23. The molecule has 0 radical (unpaired) electrons. The average molecular weight is 345 g/mol. The quantitative estimate of drug-likeness (QED) is 0.657. The molecular weight excluding hydrogens is 333 g/mol. The van der Waals surface area contributed by atoms with Gasteiger partial charge >= 0.3 is 0 Å². The van der Waals surface area contributed by atoms with Crippen LogP contribution in [0.15, 0.2) is 34.8 Å². The number of nitrogens with two attached hydrogens (primary N) is 1. The summed E-state index contributed by atoms with van der Waals surface area (Å²) >= 11 is 3.02. The van der Waals surface area contributed by atoms with Gasteiger partial charge in [0.2, 0.25) is 0 Å². The van der Waals surface area contributed by atoms with Crippen LogP contribution in [0.5, 0.6) is 0 Å². The number of benzene rings is 2. The third-order valence-corrected chi connectivity index (χ3v) is 3.70. The number of hydrogen-bond acceptors (Lipinski definition) is 2. The summed E-state index contributed by atoms with van der Waals surface area (Å²) in [5, 5.41) is 0. The molecule has 106 valence electrons. The zero-order valence-corrected chi connectivity index (χ0v) is 12.1. The lowest BCUT2D eigenvalue weighted by Crippen LogP contribution is -2.30. The molecule has 0 aliphatic rings. The molecule has 0 bridgehead atoms. The minimum absolute atomic E-state index is 0.228. The Labute approximate surface area is 122 Å². The maximum atomic E-state index is 14.1. The van der Waals surface area contributed by atoms with Crippen molar-refractivity contribution in [3.8, 4) is 0 Å². The molecule has 2 aromatic rings. The summed E-state index contributed by atoms with van der Waals surface area (Å²) in [5.74, 6) is 3.43. The molecule has 0 aliphatic heterocycles. The molecule has 0 amide bonds. The van der Waals surface area contributed by atoms with Crippen LogP contribution >= 0.6 is 15.9 Å². The Morgan fingerprint density at radius 1 is 1.10 bits per heavy atom. The molecule has 0 spiro atoms. The molecule has 0 saturated heterocycles. The van der Waals surface area contributed by atoms with Crippen LogP contribution in [0, 0.1) is 24.4 Å². The van der Waals surface area contributed by atoms with E-state index in [2.05, 4.69) is 21.4 Å². The molecule has 0 fully saturated rings. The van der Waals surface area contributed by atoms with Crippen LogP contribution < -0.4 is 11.3 Å². The second-order valence-electron chi connectivity index (χ2n) is 4.37. The summed E-state index contributed by atoms with van der Waals surface area (Å²) in [4.78, 5) is 0. The van der Waals surface area contributed by atoms with Crippen LogP contribution in [0.25, 0.3) is 0 Å². The lowest BCUT2D eigenvalue weighted by molar-refractivity contribution is 0.504. The average Bonchev–Trinajstić information content (AvgIpc) is 2.42. The van der Waals surface area contributed by atoms with Gasteiger partial charge in [-0.2, -0.15) is 0 Å². The van der Waals surface area contributed by atoms with E-state index in [9.17, 15) is 13.2 Å². The molecule has 2 nitrogen and oxygen atoms in total. The Morgan fingerprint density at radius 3 is 2.40 bits per heavy atom. The predicted octanol–water partition coefficient (Wildman–Crippen LogP) is 3.73. The van der Waals surface area contributed by atoms with E-state index in [1.807, 2.05) is 0 Å². The first-order chi connectivity index (χ1) is 9.45. The maximum Gasteiger partial charge on any atom is 0.137 e. The van der Waals surface area contributed by atoms with Crippen molar-refractivity contribution in [1.29, 1.82) is 0 Å². The van der Waals surface area contributed by atoms with E-state index >= 15 is 0 Å². The Hall–Kier alpha value is -1.37. The fourth-order valence-corrected chi connectivity index (χ4v) is 2.23. The monoisotopic (exact) mass is 344 g/mol. The lowest BCUT2D eigenvalue weighted by atomic mass is 9.96. The third kappa shape index (κ3) is 2.72. The number of nitrogens with one attached hydrogen (secondary N) is 1. The molecule has 1 unspecified atom stereocenters. The van der Waals surface area contributed by atoms with Crippen molar-refractivity contribution in [3.05, 3.63) is 68.9 Å². The topological polar surface area (TPSA) is 38.0 Å². The molecule has 6 heteroatoms. The summed E-state index contributed by atoms with van der Waals surface area (Å²) in [6.45, 7) is 1.52. The van der Waals surface area contributed by atoms with Gasteiger partial charge in [0.05, 0.1) is 10.5 Å². The molecule has 3 N–H and O–H groups in total. The Bertz CT molecular complexity index is 647. The number of hydrazine groups is 1. The SMILES string of the molecule is Cc1ccc(F)c(C(NN)c2ccc(Br)c(F)c2)c1F. The van der Waals surface area contributed by atoms with E-state index in [0.29, 0.717) is 11.1 Å². The Kier molecular flexibility index (Phi) is 4.47. The highest BCUT2D eigenvalue weighted by Crippen LogP contribution is 2.29. The molecule has 1 atom stereocenters. The number of rotatable bonds is 3. The summed E-state index contributed by atoms with van der Waals surface area (Å²) in [5.41, 5.74) is 2.72. The summed E-state index contributed by atoms with van der Waals surface area (Å²) in [6, 6.07) is 5.70. The zero-order valence-electron chi connectivity index (χ0n) is 10.6. The van der Waals surface area contributed by atoms with Crippen molar-refractivity contribution in [1.82, 2.24) is 5.43 Å². The standard InChI is InChI=1S/C14H12BrF3N2/c1-7-2-5-10(16)12(13(7)18)14(20-19)8-3-4-9(15)11(17)6-8/h2-6,14,20H,19H2,1H3. The van der Waals surface area contributed by atoms with E-state index in [4.69, 9.17) is 5.84 Å². The van der Waals surface area contributed by atoms with Crippen LogP contribution in [-0.2, 0) is 0 Å². The molecular formula is C14H12BrF3N2. The fraction of sp³-hybridized carbons (Fsp3) is 0.143. The highest BCUT2D eigenvalue weighted by atomic mass is 79.9. The van der Waals surface area contributed by atoms with E-state index in [-0.39, 0.29) is 10.0 Å². The number of halogens is 4. The Morgan fingerprint density at radius 2 is 1.80 bits per heavy atom. The molecule has 0 heterocycles. The van der Waals surface area contributed by atoms with Gasteiger partial charge in [-0.25, -0.2) is 18.6 Å². The van der Waals surface area contributed by atoms with Crippen molar-refractivity contribution in [2.24, 2.45) is 5.84 Å². The maximum absolute atomic E-state index is 14.1. The minimum Gasteiger partial charge on any atom is -0.271 e. The van der Waals surface area contributed by atoms with E-state index < -0.39 is 23.5 Å². The second kappa shape index (κ2) is 5.95. The van der Waals surface area contributed by atoms with Gasteiger partial charge in [0.1, 0.15) is 17.5 Å². The first kappa shape index (κ1) is 15.0. The molecule has 0 aliphatic carbocycles. The predicted molar refractivity (Wildman–Crippen MR) is 74.4 cm³/mol. The van der Waals surface area contributed by atoms with Crippen molar-refractivity contribution >= 4 is 15.9 Å². The summed E-state index contributed by atoms with van der Waals surface area (Å²) in [6.07, 6.45) is 0. The molecule has 2 aromatic carbocycles. The van der Waals surface area contributed by atoms with E-state index in [0.717, 1.165) is 6.07 Å². The Balaban J connectivity index is 2.58. The van der Waals surface area contributed by atoms with Crippen molar-refractivity contribution < 1.29 is 13.2 Å². The number of aryl methyl sites for hydroxylation is 1. The van der Waals surface area contributed by atoms with Gasteiger partial charge in [0, 0.05) is 5.56 Å². The van der Waals surface area contributed by atoms with Gasteiger partial charge in [0.25, 0.3) is 0 Å². The number of hydrogen-bond donors (Lipinski definition) is 2. The van der Waals surface area contributed by atoms with Gasteiger partial charge in [-0.05, 0) is 52.2 Å². The van der Waals surface area contributed by atoms with Crippen molar-refractivity contribution in [2.75, 3.05) is 0 Å². The molecule has 0 aromatic heterocycles. The summed E-state index contributed by atoms with van der Waals surface area (Å²) in [7, 11) is 0. The van der Waals surface area contributed by atoms with Crippen molar-refractivity contribution in [3.63, 3.8) is 0 Å². The zero-order chi connectivity index (χ0) is 14.9. The minimum atomic E-state index is -0.975. The highest BCUT2D eigenvalue weighted by molar-refractivity contribution is 9.10. The van der Waals surface area contributed by atoms with E-state index in [1.54, 1.807) is 6.07 Å². The third-order valence-electron chi connectivity index (χ3n) is 3.05. The molecule has 2 rings (SSSR count). The first-order valence-electron chi connectivity index (χ1n) is 5.81. The van der Waals surface area contributed by atoms with Crippen LogP contribution in [-0.4, -0.2) is 0 Å². The van der Waals surface area contributed by atoms with Crippen LogP contribution in [0.3, 0.4) is 0 Å². The van der Waals surface area contributed by atoms with Crippen LogP contribution in [0.2, 0.25) is 0 Å².